The molecule has 0 amide bonds. The fourth-order valence-electron chi connectivity index (χ4n) is 2.44. The molecule has 0 atom stereocenters. The zero-order valence-corrected chi connectivity index (χ0v) is 11.7. The average Bonchev–Trinajstić information content (AvgIpc) is 2.37. The van der Waals surface area contributed by atoms with Gasteiger partial charge >= 0.3 is 0 Å². The van der Waals surface area contributed by atoms with Crippen molar-refractivity contribution in [3.8, 4) is 0 Å². The van der Waals surface area contributed by atoms with Gasteiger partial charge in [-0.1, -0.05) is 12.1 Å². The summed E-state index contributed by atoms with van der Waals surface area (Å²) in [4.78, 5) is 0.410. The number of benzene rings is 1. The summed E-state index contributed by atoms with van der Waals surface area (Å²) in [5.74, 6) is 0.820. The highest BCUT2D eigenvalue weighted by Crippen LogP contribution is 2.19. The molecule has 0 unspecified atom stereocenters. The number of sulfone groups is 1. The molecule has 1 N–H and O–H groups in total. The molecule has 2 rings (SSSR count). The summed E-state index contributed by atoms with van der Waals surface area (Å²) in [5, 5.41) is 3.37. The summed E-state index contributed by atoms with van der Waals surface area (Å²) < 4.78 is 22.7. The molecule has 18 heavy (non-hydrogen) atoms. The zero-order chi connectivity index (χ0) is 13.0. The minimum absolute atomic E-state index is 0.410. The number of piperidine rings is 1. The van der Waals surface area contributed by atoms with Crippen LogP contribution in [0.2, 0.25) is 0 Å². The lowest BCUT2D eigenvalue weighted by Crippen LogP contribution is -2.27. The third kappa shape index (κ3) is 3.82. The third-order valence-electron chi connectivity index (χ3n) is 3.65. The summed E-state index contributed by atoms with van der Waals surface area (Å²) in [7, 11) is -3.06. The maximum Gasteiger partial charge on any atom is 0.175 e. The summed E-state index contributed by atoms with van der Waals surface area (Å²) in [5.41, 5.74) is 1.24. The van der Waals surface area contributed by atoms with Crippen molar-refractivity contribution in [1.82, 2.24) is 5.32 Å². The van der Waals surface area contributed by atoms with Gasteiger partial charge in [0.1, 0.15) is 0 Å². The van der Waals surface area contributed by atoms with Crippen molar-refractivity contribution in [1.29, 1.82) is 0 Å². The van der Waals surface area contributed by atoms with Crippen LogP contribution in [0, 0.1) is 5.92 Å². The van der Waals surface area contributed by atoms with Crippen molar-refractivity contribution in [2.24, 2.45) is 5.92 Å². The topological polar surface area (TPSA) is 46.2 Å². The molecular formula is C14H21NO2S. The van der Waals surface area contributed by atoms with Crippen LogP contribution in [0.5, 0.6) is 0 Å². The Labute approximate surface area is 110 Å². The van der Waals surface area contributed by atoms with Gasteiger partial charge in [-0.05, 0) is 62.4 Å². The van der Waals surface area contributed by atoms with Gasteiger partial charge in [0.05, 0.1) is 4.90 Å². The van der Waals surface area contributed by atoms with Gasteiger partial charge in [0.2, 0.25) is 0 Å². The highest BCUT2D eigenvalue weighted by Gasteiger charge is 2.13. The van der Waals surface area contributed by atoms with Crippen LogP contribution in [0.1, 0.15) is 24.8 Å². The molecule has 1 aliphatic rings. The molecule has 0 spiro atoms. The van der Waals surface area contributed by atoms with E-state index in [-0.39, 0.29) is 0 Å². The second-order valence-corrected chi connectivity index (χ2v) is 7.16. The van der Waals surface area contributed by atoms with E-state index in [2.05, 4.69) is 5.32 Å². The number of hydrogen-bond acceptors (Lipinski definition) is 3. The normalized spacial score (nSPS) is 17.8. The summed E-state index contributed by atoms with van der Waals surface area (Å²) in [6.45, 7) is 2.27. The van der Waals surface area contributed by atoms with E-state index < -0.39 is 9.84 Å². The second-order valence-electron chi connectivity index (χ2n) is 5.15. The Morgan fingerprint density at radius 3 is 2.33 bits per heavy atom. The van der Waals surface area contributed by atoms with Crippen molar-refractivity contribution >= 4 is 9.84 Å². The zero-order valence-electron chi connectivity index (χ0n) is 10.9. The van der Waals surface area contributed by atoms with Crippen LogP contribution in [0.25, 0.3) is 0 Å². The highest BCUT2D eigenvalue weighted by molar-refractivity contribution is 7.90. The number of rotatable bonds is 4. The van der Waals surface area contributed by atoms with Gasteiger partial charge < -0.3 is 5.32 Å². The summed E-state index contributed by atoms with van der Waals surface area (Å²) in [6, 6.07) is 7.31. The third-order valence-corrected chi connectivity index (χ3v) is 4.78. The van der Waals surface area contributed by atoms with E-state index in [4.69, 9.17) is 0 Å². The Kier molecular flexibility index (Phi) is 4.40. The number of nitrogens with one attached hydrogen (secondary N) is 1. The Balaban J connectivity index is 1.90. The minimum atomic E-state index is -3.06. The number of hydrogen-bond donors (Lipinski definition) is 1. The van der Waals surface area contributed by atoms with Crippen LogP contribution >= 0.6 is 0 Å². The molecule has 0 aromatic heterocycles. The van der Waals surface area contributed by atoms with Crippen molar-refractivity contribution in [2.75, 3.05) is 19.3 Å². The van der Waals surface area contributed by atoms with Gasteiger partial charge in [0, 0.05) is 6.26 Å². The van der Waals surface area contributed by atoms with Gasteiger partial charge in [-0.3, -0.25) is 0 Å². The van der Waals surface area contributed by atoms with Crippen LogP contribution in [-0.2, 0) is 16.3 Å². The van der Waals surface area contributed by atoms with E-state index in [1.165, 1.54) is 31.1 Å². The maximum absolute atomic E-state index is 11.3. The average molecular weight is 267 g/mol. The van der Waals surface area contributed by atoms with Crippen molar-refractivity contribution < 1.29 is 8.42 Å². The first-order valence-electron chi connectivity index (χ1n) is 6.55. The van der Waals surface area contributed by atoms with Gasteiger partial charge in [-0.25, -0.2) is 8.42 Å². The first kappa shape index (κ1) is 13.6. The number of aryl methyl sites for hydroxylation is 1. The highest BCUT2D eigenvalue weighted by atomic mass is 32.2. The van der Waals surface area contributed by atoms with E-state index in [0.29, 0.717) is 4.90 Å². The molecule has 0 aliphatic carbocycles. The fraction of sp³-hybridized carbons (Fsp3) is 0.571. The first-order chi connectivity index (χ1) is 8.55. The Morgan fingerprint density at radius 2 is 1.78 bits per heavy atom. The van der Waals surface area contributed by atoms with E-state index in [9.17, 15) is 8.42 Å². The molecule has 0 saturated carbocycles. The molecule has 0 radical (unpaired) electrons. The standard InChI is InChI=1S/C14H21NO2S/c1-18(16,17)14-6-4-12(5-7-14)2-3-13-8-10-15-11-9-13/h4-7,13,15H,2-3,8-11H2,1H3. The van der Waals surface area contributed by atoms with E-state index >= 15 is 0 Å². The molecule has 0 bridgehead atoms. The molecule has 100 valence electrons. The van der Waals surface area contributed by atoms with Crippen LogP contribution in [0.3, 0.4) is 0 Å². The van der Waals surface area contributed by atoms with Gasteiger partial charge in [0.15, 0.2) is 9.84 Å². The predicted octanol–water partition coefficient (Wildman–Crippen LogP) is 2.02. The molecule has 1 saturated heterocycles. The van der Waals surface area contributed by atoms with Crippen molar-refractivity contribution in [3.63, 3.8) is 0 Å². The van der Waals surface area contributed by atoms with Gasteiger partial charge in [-0.2, -0.15) is 0 Å². The van der Waals surface area contributed by atoms with Gasteiger partial charge in [0.25, 0.3) is 0 Å². The van der Waals surface area contributed by atoms with E-state index in [1.54, 1.807) is 12.1 Å². The van der Waals surface area contributed by atoms with Gasteiger partial charge in [-0.15, -0.1) is 0 Å². The Hall–Kier alpha value is -0.870. The van der Waals surface area contributed by atoms with E-state index in [0.717, 1.165) is 25.4 Å². The maximum atomic E-state index is 11.3. The minimum Gasteiger partial charge on any atom is -0.317 e. The molecule has 1 heterocycles. The van der Waals surface area contributed by atoms with Crippen LogP contribution in [0.15, 0.2) is 29.2 Å². The predicted molar refractivity (Wildman–Crippen MR) is 73.5 cm³/mol. The molecule has 1 fully saturated rings. The lowest BCUT2D eigenvalue weighted by Gasteiger charge is -2.22. The molecule has 3 nitrogen and oxygen atoms in total. The van der Waals surface area contributed by atoms with E-state index in [1.807, 2.05) is 12.1 Å². The first-order valence-corrected chi connectivity index (χ1v) is 8.44. The van der Waals surface area contributed by atoms with Crippen LogP contribution in [-0.4, -0.2) is 27.8 Å². The molecule has 1 aromatic carbocycles. The Bertz CT molecular complexity index is 473. The SMILES string of the molecule is CS(=O)(=O)c1ccc(CCC2CCNCC2)cc1. The lowest BCUT2D eigenvalue weighted by molar-refractivity contribution is 0.354. The summed E-state index contributed by atoms with van der Waals surface area (Å²) in [6.07, 6.45) is 6.04. The van der Waals surface area contributed by atoms with Crippen molar-refractivity contribution in [3.05, 3.63) is 29.8 Å². The lowest BCUT2D eigenvalue weighted by atomic mass is 9.91. The molecule has 1 aliphatic heterocycles. The quantitative estimate of drug-likeness (QED) is 0.908. The largest absolute Gasteiger partial charge is 0.317 e. The Morgan fingerprint density at radius 1 is 1.17 bits per heavy atom. The second kappa shape index (κ2) is 5.85. The monoisotopic (exact) mass is 267 g/mol. The fourth-order valence-corrected chi connectivity index (χ4v) is 3.07. The molecule has 1 aromatic rings. The molecular weight excluding hydrogens is 246 g/mol. The summed E-state index contributed by atoms with van der Waals surface area (Å²) >= 11 is 0. The molecule has 4 heteroatoms. The van der Waals surface area contributed by atoms with Crippen molar-refractivity contribution in [2.45, 2.75) is 30.6 Å². The van der Waals surface area contributed by atoms with Crippen LogP contribution in [0.4, 0.5) is 0 Å². The van der Waals surface area contributed by atoms with Crippen LogP contribution < -0.4 is 5.32 Å². The smallest absolute Gasteiger partial charge is 0.175 e.